The zero-order valence-electron chi connectivity index (χ0n) is 10.9. The van der Waals surface area contributed by atoms with Crippen molar-refractivity contribution in [2.75, 3.05) is 6.54 Å². The second-order valence-electron chi connectivity index (χ2n) is 4.41. The van der Waals surface area contributed by atoms with E-state index in [0.717, 1.165) is 45.1 Å². The topological polar surface area (TPSA) is 29.1 Å². The first-order valence-corrected chi connectivity index (χ1v) is 7.48. The van der Waals surface area contributed by atoms with Crippen molar-refractivity contribution in [2.24, 2.45) is 5.92 Å². The van der Waals surface area contributed by atoms with Crippen LogP contribution in [0.1, 0.15) is 59.3 Å². The quantitative estimate of drug-likeness (QED) is 0.642. The van der Waals surface area contributed by atoms with E-state index in [-0.39, 0.29) is 11.8 Å². The number of carbonyl (C=O) groups is 1. The molecule has 0 aliphatic heterocycles. The molecule has 0 spiro atoms. The summed E-state index contributed by atoms with van der Waals surface area (Å²) in [7, 11) is 0. The minimum Gasteiger partial charge on any atom is -0.355 e. The number of amides is 1. The van der Waals surface area contributed by atoms with Gasteiger partial charge in [-0.1, -0.05) is 56.0 Å². The Morgan fingerprint density at radius 1 is 1.06 bits per heavy atom. The summed E-state index contributed by atoms with van der Waals surface area (Å²) in [6.45, 7) is 7.20. The molecule has 1 unspecified atom stereocenters. The smallest absolute Gasteiger partial charge is 0.223 e. The van der Waals surface area contributed by atoms with E-state index in [2.05, 4.69) is 42.0 Å². The van der Waals surface area contributed by atoms with Crippen LogP contribution in [-0.4, -0.2) is 17.3 Å². The van der Waals surface area contributed by atoms with Crippen molar-refractivity contribution >= 4 is 21.8 Å². The molecule has 0 radical (unpaired) electrons. The zero-order chi connectivity index (χ0) is 12.4. The first-order chi connectivity index (χ1) is 7.65. The van der Waals surface area contributed by atoms with Crippen LogP contribution in [-0.2, 0) is 4.79 Å². The molecule has 0 bridgehead atoms. The zero-order valence-corrected chi connectivity index (χ0v) is 12.5. The lowest BCUT2D eigenvalue weighted by atomic mass is 9.97. The first-order valence-electron chi connectivity index (χ1n) is 6.57. The number of hydrogen-bond donors (Lipinski definition) is 1. The van der Waals surface area contributed by atoms with Crippen molar-refractivity contribution in [1.29, 1.82) is 0 Å². The minimum atomic E-state index is 0.219. The lowest BCUT2D eigenvalue weighted by Crippen LogP contribution is -2.34. The van der Waals surface area contributed by atoms with E-state index in [1.165, 1.54) is 0 Å². The Kier molecular flexibility index (Phi) is 10.1. The van der Waals surface area contributed by atoms with Crippen LogP contribution in [0.15, 0.2) is 0 Å². The fraction of sp³-hybridized carbons (Fsp3) is 0.923. The van der Waals surface area contributed by atoms with Crippen LogP contribution in [0, 0.1) is 5.92 Å². The predicted octanol–water partition coefficient (Wildman–Crippen LogP) is 3.88. The van der Waals surface area contributed by atoms with Crippen molar-refractivity contribution in [2.45, 2.75) is 64.1 Å². The van der Waals surface area contributed by atoms with Gasteiger partial charge in [0.1, 0.15) is 0 Å². The van der Waals surface area contributed by atoms with Crippen LogP contribution in [0.25, 0.3) is 0 Å². The van der Waals surface area contributed by atoms with Gasteiger partial charge in [-0.2, -0.15) is 0 Å². The van der Waals surface area contributed by atoms with Gasteiger partial charge in [0.2, 0.25) is 5.91 Å². The Balaban J connectivity index is 3.90. The molecule has 0 fully saturated rings. The molecule has 0 aliphatic rings. The highest BCUT2D eigenvalue weighted by molar-refractivity contribution is 9.09. The molecule has 0 aromatic carbocycles. The number of carbonyl (C=O) groups excluding carboxylic acids is 1. The molecule has 0 rings (SSSR count). The van der Waals surface area contributed by atoms with Gasteiger partial charge in [0.25, 0.3) is 0 Å². The molecule has 0 aromatic rings. The molecule has 0 saturated heterocycles. The molecule has 3 heteroatoms. The maximum atomic E-state index is 11.9. The maximum Gasteiger partial charge on any atom is 0.223 e. The van der Waals surface area contributed by atoms with Crippen molar-refractivity contribution in [1.82, 2.24) is 5.32 Å². The summed E-state index contributed by atoms with van der Waals surface area (Å²) < 4.78 is 0. The largest absolute Gasteiger partial charge is 0.355 e. The second-order valence-corrected chi connectivity index (χ2v) is 5.70. The van der Waals surface area contributed by atoms with E-state index in [1.807, 2.05) is 0 Å². The number of nitrogens with one attached hydrogen (secondary N) is 1. The van der Waals surface area contributed by atoms with Gasteiger partial charge in [0.05, 0.1) is 0 Å². The summed E-state index contributed by atoms with van der Waals surface area (Å²) in [6.07, 6.45) is 6.47. The van der Waals surface area contributed by atoms with Crippen molar-refractivity contribution in [3.8, 4) is 0 Å². The molecular formula is C13H26BrNO. The molecule has 16 heavy (non-hydrogen) atoms. The van der Waals surface area contributed by atoms with E-state index in [4.69, 9.17) is 0 Å². The SMILES string of the molecule is CCCC(Br)CNC(=O)C(CCC)CCC. The third-order valence-corrected chi connectivity index (χ3v) is 3.53. The molecule has 0 aromatic heterocycles. The third-order valence-electron chi connectivity index (χ3n) is 2.74. The molecule has 1 N–H and O–H groups in total. The van der Waals surface area contributed by atoms with Gasteiger partial charge in [-0.05, 0) is 19.3 Å². The Bertz CT molecular complexity index is 179. The second kappa shape index (κ2) is 10.1. The summed E-state index contributed by atoms with van der Waals surface area (Å²) in [5, 5.41) is 3.05. The van der Waals surface area contributed by atoms with Crippen molar-refractivity contribution in [3.05, 3.63) is 0 Å². The maximum absolute atomic E-state index is 11.9. The summed E-state index contributed by atoms with van der Waals surface area (Å²) in [5.41, 5.74) is 0. The van der Waals surface area contributed by atoms with Gasteiger partial charge in [-0.25, -0.2) is 0 Å². The molecule has 96 valence electrons. The lowest BCUT2D eigenvalue weighted by molar-refractivity contribution is -0.125. The van der Waals surface area contributed by atoms with Gasteiger partial charge >= 0.3 is 0 Å². The predicted molar refractivity (Wildman–Crippen MR) is 73.9 cm³/mol. The third kappa shape index (κ3) is 7.26. The highest BCUT2D eigenvalue weighted by Gasteiger charge is 2.16. The van der Waals surface area contributed by atoms with Crippen LogP contribution in [0.2, 0.25) is 0 Å². The normalized spacial score (nSPS) is 12.8. The Labute approximate surface area is 109 Å². The van der Waals surface area contributed by atoms with Gasteiger partial charge in [0, 0.05) is 17.3 Å². The van der Waals surface area contributed by atoms with E-state index in [0.29, 0.717) is 4.83 Å². The molecule has 0 aliphatic carbocycles. The van der Waals surface area contributed by atoms with Crippen molar-refractivity contribution < 1.29 is 4.79 Å². The Morgan fingerprint density at radius 3 is 2.00 bits per heavy atom. The summed E-state index contributed by atoms with van der Waals surface area (Å²) in [5.74, 6) is 0.459. The molecule has 2 nitrogen and oxygen atoms in total. The van der Waals surface area contributed by atoms with E-state index < -0.39 is 0 Å². The van der Waals surface area contributed by atoms with E-state index in [9.17, 15) is 4.79 Å². The van der Waals surface area contributed by atoms with Gasteiger partial charge < -0.3 is 5.32 Å². The summed E-state index contributed by atoms with van der Waals surface area (Å²) in [4.78, 5) is 12.3. The highest BCUT2D eigenvalue weighted by Crippen LogP contribution is 2.14. The number of halogens is 1. The Morgan fingerprint density at radius 2 is 1.56 bits per heavy atom. The van der Waals surface area contributed by atoms with Crippen LogP contribution >= 0.6 is 15.9 Å². The van der Waals surface area contributed by atoms with Gasteiger partial charge in [-0.15, -0.1) is 0 Å². The van der Waals surface area contributed by atoms with Crippen LogP contribution in [0.3, 0.4) is 0 Å². The molecular weight excluding hydrogens is 266 g/mol. The number of hydrogen-bond acceptors (Lipinski definition) is 1. The van der Waals surface area contributed by atoms with Crippen LogP contribution in [0.4, 0.5) is 0 Å². The molecule has 0 saturated carbocycles. The minimum absolute atomic E-state index is 0.219. The summed E-state index contributed by atoms with van der Waals surface area (Å²) >= 11 is 3.58. The van der Waals surface area contributed by atoms with Crippen LogP contribution < -0.4 is 5.32 Å². The van der Waals surface area contributed by atoms with Gasteiger partial charge in [-0.3, -0.25) is 4.79 Å². The molecule has 1 atom stereocenters. The van der Waals surface area contributed by atoms with E-state index in [1.54, 1.807) is 0 Å². The average molecular weight is 292 g/mol. The van der Waals surface area contributed by atoms with E-state index >= 15 is 0 Å². The lowest BCUT2D eigenvalue weighted by Gasteiger charge is -2.16. The van der Waals surface area contributed by atoms with Gasteiger partial charge in [0.15, 0.2) is 0 Å². The Hall–Kier alpha value is -0.0500. The first kappa shape index (κ1) is 16.0. The molecule has 1 amide bonds. The number of rotatable bonds is 9. The van der Waals surface area contributed by atoms with Crippen LogP contribution in [0.5, 0.6) is 0 Å². The van der Waals surface area contributed by atoms with Crippen molar-refractivity contribution in [3.63, 3.8) is 0 Å². The monoisotopic (exact) mass is 291 g/mol. The average Bonchev–Trinajstić information content (AvgIpc) is 2.26. The fourth-order valence-electron chi connectivity index (χ4n) is 1.87. The summed E-state index contributed by atoms with van der Waals surface area (Å²) in [6, 6.07) is 0. The number of alkyl halides is 1. The molecule has 0 heterocycles. The standard InChI is InChI=1S/C13H26BrNO/c1-4-7-11(8-5-2)13(16)15-10-12(14)9-6-3/h11-12H,4-10H2,1-3H3,(H,15,16). The highest BCUT2D eigenvalue weighted by atomic mass is 79.9. The fourth-order valence-corrected chi connectivity index (χ4v) is 2.49.